The van der Waals surface area contributed by atoms with Gasteiger partial charge in [0.2, 0.25) is 5.91 Å². The van der Waals surface area contributed by atoms with Crippen LogP contribution < -0.4 is 5.32 Å². The highest BCUT2D eigenvalue weighted by molar-refractivity contribution is 7.99. The number of thioether (sulfide) groups is 1. The first kappa shape index (κ1) is 18.8. The summed E-state index contributed by atoms with van der Waals surface area (Å²) in [4.78, 5) is 12.1. The van der Waals surface area contributed by atoms with E-state index in [9.17, 15) is 9.18 Å². The molecule has 1 amide bonds. The van der Waals surface area contributed by atoms with Crippen LogP contribution in [0.15, 0.2) is 72.4 Å². The number of hydrogen-bond donors (Lipinski definition) is 1. The molecule has 0 atom stereocenters. The average molecular weight is 382 g/mol. The Labute approximate surface area is 161 Å². The molecule has 0 aliphatic heterocycles. The van der Waals surface area contributed by atoms with Gasteiger partial charge >= 0.3 is 0 Å². The fourth-order valence-corrected chi connectivity index (χ4v) is 3.26. The fraction of sp³-hybridized carbons (Fsp3) is 0.150. The minimum Gasteiger partial charge on any atom is -0.351 e. The Morgan fingerprint density at radius 2 is 1.89 bits per heavy atom. The molecule has 0 saturated carbocycles. The molecule has 0 saturated heterocycles. The maximum atomic E-state index is 13.2. The Balaban J connectivity index is 1.65. The van der Waals surface area contributed by atoms with Gasteiger partial charge in [0.15, 0.2) is 11.0 Å². The summed E-state index contributed by atoms with van der Waals surface area (Å²) in [7, 11) is 0. The zero-order chi connectivity index (χ0) is 19.1. The number of allylic oxidation sites excluding steroid dienone is 1. The number of nitrogens with one attached hydrogen (secondary N) is 1. The van der Waals surface area contributed by atoms with Gasteiger partial charge in [-0.25, -0.2) is 4.39 Å². The molecule has 0 fully saturated rings. The van der Waals surface area contributed by atoms with Gasteiger partial charge in [0, 0.05) is 18.7 Å². The van der Waals surface area contributed by atoms with Crippen LogP contribution in [0.4, 0.5) is 4.39 Å². The second kappa shape index (κ2) is 9.14. The Kier molecular flexibility index (Phi) is 6.38. The lowest BCUT2D eigenvalue weighted by Crippen LogP contribution is -2.24. The Morgan fingerprint density at radius 3 is 2.59 bits per heavy atom. The quantitative estimate of drug-likeness (QED) is 0.477. The van der Waals surface area contributed by atoms with Crippen molar-refractivity contribution >= 4 is 17.7 Å². The van der Waals surface area contributed by atoms with Crippen LogP contribution in [0.2, 0.25) is 0 Å². The second-order valence-corrected chi connectivity index (χ2v) is 6.71. The summed E-state index contributed by atoms with van der Waals surface area (Å²) in [5, 5.41) is 11.9. The van der Waals surface area contributed by atoms with Crippen molar-refractivity contribution < 1.29 is 9.18 Å². The summed E-state index contributed by atoms with van der Waals surface area (Å²) in [5.41, 5.74) is 1.80. The molecule has 7 heteroatoms. The van der Waals surface area contributed by atoms with Gasteiger partial charge in [-0.05, 0) is 29.8 Å². The first-order chi connectivity index (χ1) is 13.2. The summed E-state index contributed by atoms with van der Waals surface area (Å²) in [5.74, 6) is 0.451. The number of carbonyl (C=O) groups is 1. The van der Waals surface area contributed by atoms with E-state index in [1.165, 1.54) is 23.9 Å². The van der Waals surface area contributed by atoms with Crippen LogP contribution in [0, 0.1) is 5.82 Å². The zero-order valence-corrected chi connectivity index (χ0v) is 15.5. The van der Waals surface area contributed by atoms with Gasteiger partial charge in [0.05, 0.1) is 5.75 Å². The van der Waals surface area contributed by atoms with Gasteiger partial charge < -0.3 is 5.32 Å². The monoisotopic (exact) mass is 382 g/mol. The van der Waals surface area contributed by atoms with Crippen molar-refractivity contribution in [2.24, 2.45) is 0 Å². The molecule has 5 nitrogen and oxygen atoms in total. The predicted molar refractivity (Wildman–Crippen MR) is 105 cm³/mol. The summed E-state index contributed by atoms with van der Waals surface area (Å²) in [6.07, 6.45) is 1.73. The number of nitrogens with zero attached hydrogens (tertiary/aromatic N) is 3. The molecule has 27 heavy (non-hydrogen) atoms. The van der Waals surface area contributed by atoms with Gasteiger partial charge in [0.25, 0.3) is 0 Å². The van der Waals surface area contributed by atoms with Crippen LogP contribution in [0.25, 0.3) is 11.4 Å². The predicted octanol–water partition coefficient (Wildman–Crippen LogP) is 3.68. The molecule has 0 spiro atoms. The topological polar surface area (TPSA) is 59.8 Å². The summed E-state index contributed by atoms with van der Waals surface area (Å²) >= 11 is 1.30. The van der Waals surface area contributed by atoms with Crippen molar-refractivity contribution in [3.8, 4) is 11.4 Å². The van der Waals surface area contributed by atoms with Gasteiger partial charge in [-0.2, -0.15) is 0 Å². The summed E-state index contributed by atoms with van der Waals surface area (Å²) in [6, 6.07) is 15.8. The van der Waals surface area contributed by atoms with Gasteiger partial charge in [-0.1, -0.05) is 48.2 Å². The Hall–Kier alpha value is -2.93. The lowest BCUT2D eigenvalue weighted by Gasteiger charge is -2.08. The van der Waals surface area contributed by atoms with E-state index in [4.69, 9.17) is 0 Å². The van der Waals surface area contributed by atoms with E-state index in [0.717, 1.165) is 11.1 Å². The number of aromatic nitrogens is 3. The van der Waals surface area contributed by atoms with Crippen LogP contribution in [0.5, 0.6) is 0 Å². The molecule has 3 rings (SSSR count). The smallest absolute Gasteiger partial charge is 0.230 e. The minimum absolute atomic E-state index is 0.0830. The summed E-state index contributed by atoms with van der Waals surface area (Å²) < 4.78 is 15.0. The lowest BCUT2D eigenvalue weighted by atomic mass is 10.2. The number of amides is 1. The van der Waals surface area contributed by atoms with E-state index in [0.29, 0.717) is 24.1 Å². The standard InChI is InChI=1S/C20H19FN4OS/c1-2-12-25-19(16-8-10-17(21)11-9-16)23-24-20(25)27-14-18(26)22-13-15-6-4-3-5-7-15/h2-11H,1,12-14H2,(H,22,26). The zero-order valence-electron chi connectivity index (χ0n) is 14.6. The highest BCUT2D eigenvalue weighted by Crippen LogP contribution is 2.24. The maximum absolute atomic E-state index is 13.2. The van der Waals surface area contributed by atoms with Crippen molar-refractivity contribution in [2.45, 2.75) is 18.2 Å². The van der Waals surface area contributed by atoms with Crippen molar-refractivity contribution in [3.05, 3.63) is 78.6 Å². The SMILES string of the molecule is C=CCn1c(SCC(=O)NCc2ccccc2)nnc1-c1ccc(F)cc1. The molecular formula is C20H19FN4OS. The van der Waals surface area contributed by atoms with Crippen molar-refractivity contribution in [1.82, 2.24) is 20.1 Å². The van der Waals surface area contributed by atoms with E-state index in [2.05, 4.69) is 22.1 Å². The fourth-order valence-electron chi connectivity index (χ4n) is 2.48. The third kappa shape index (κ3) is 5.04. The first-order valence-corrected chi connectivity index (χ1v) is 9.39. The van der Waals surface area contributed by atoms with Gasteiger partial charge in [-0.3, -0.25) is 9.36 Å². The van der Waals surface area contributed by atoms with Crippen molar-refractivity contribution in [2.75, 3.05) is 5.75 Å². The third-order valence-electron chi connectivity index (χ3n) is 3.80. The minimum atomic E-state index is -0.307. The van der Waals surface area contributed by atoms with Crippen LogP contribution in [0.1, 0.15) is 5.56 Å². The number of benzene rings is 2. The molecule has 0 radical (unpaired) electrons. The average Bonchev–Trinajstić information content (AvgIpc) is 3.09. The molecule has 0 bridgehead atoms. The molecule has 1 N–H and O–H groups in total. The van der Waals surface area contributed by atoms with E-state index in [1.54, 1.807) is 18.2 Å². The first-order valence-electron chi connectivity index (χ1n) is 8.41. The molecule has 0 aliphatic carbocycles. The van der Waals surface area contributed by atoms with Gasteiger partial charge in [-0.15, -0.1) is 16.8 Å². The van der Waals surface area contributed by atoms with Gasteiger partial charge in [0.1, 0.15) is 5.82 Å². The third-order valence-corrected chi connectivity index (χ3v) is 4.76. The van der Waals surface area contributed by atoms with E-state index in [1.807, 2.05) is 34.9 Å². The normalized spacial score (nSPS) is 10.6. The number of rotatable bonds is 8. The second-order valence-electron chi connectivity index (χ2n) is 5.76. The molecule has 3 aromatic rings. The highest BCUT2D eigenvalue weighted by atomic mass is 32.2. The molecule has 1 aromatic heterocycles. The summed E-state index contributed by atoms with van der Waals surface area (Å²) in [6.45, 7) is 4.74. The van der Waals surface area contributed by atoms with E-state index in [-0.39, 0.29) is 17.5 Å². The van der Waals surface area contributed by atoms with Crippen LogP contribution in [0.3, 0.4) is 0 Å². The van der Waals surface area contributed by atoms with Crippen LogP contribution >= 0.6 is 11.8 Å². The number of hydrogen-bond acceptors (Lipinski definition) is 4. The largest absolute Gasteiger partial charge is 0.351 e. The molecule has 0 unspecified atom stereocenters. The Morgan fingerprint density at radius 1 is 1.15 bits per heavy atom. The van der Waals surface area contributed by atoms with Crippen LogP contribution in [-0.4, -0.2) is 26.4 Å². The Bertz CT molecular complexity index is 909. The molecular weight excluding hydrogens is 363 g/mol. The van der Waals surface area contributed by atoms with E-state index >= 15 is 0 Å². The maximum Gasteiger partial charge on any atom is 0.230 e. The molecule has 0 aliphatic rings. The van der Waals surface area contributed by atoms with Crippen molar-refractivity contribution in [1.29, 1.82) is 0 Å². The molecule has 1 heterocycles. The molecule has 138 valence electrons. The van der Waals surface area contributed by atoms with E-state index < -0.39 is 0 Å². The lowest BCUT2D eigenvalue weighted by molar-refractivity contribution is -0.118. The van der Waals surface area contributed by atoms with Crippen LogP contribution in [-0.2, 0) is 17.9 Å². The highest BCUT2D eigenvalue weighted by Gasteiger charge is 2.15. The number of carbonyl (C=O) groups excluding carboxylic acids is 1. The number of halogens is 1. The van der Waals surface area contributed by atoms with Crippen molar-refractivity contribution in [3.63, 3.8) is 0 Å². The molecule has 2 aromatic carbocycles.